The van der Waals surface area contributed by atoms with E-state index in [0.717, 1.165) is 27.8 Å². The number of nitrogen functional groups attached to an aromatic ring is 1. The van der Waals surface area contributed by atoms with Crippen molar-refractivity contribution in [3.05, 3.63) is 112 Å². The Bertz CT molecular complexity index is 5250. The van der Waals surface area contributed by atoms with Crippen molar-refractivity contribution in [1.29, 1.82) is 0 Å². The molecule has 30 N–H and O–H groups in total. The van der Waals surface area contributed by atoms with E-state index in [9.17, 15) is 154 Å². The zero-order valence-electron chi connectivity index (χ0n) is 78.1. The van der Waals surface area contributed by atoms with Crippen LogP contribution >= 0.6 is 21.6 Å². The molecule has 6 heterocycles. The Balaban J connectivity index is 1.15. The summed E-state index contributed by atoms with van der Waals surface area (Å²) in [5.74, 6) is -26.9. The van der Waals surface area contributed by atoms with Crippen LogP contribution in [0.1, 0.15) is 154 Å². The molecule has 790 valence electrons. The number of carbonyl (C=O) groups excluding carboxylic acids is 12. The van der Waals surface area contributed by atoms with Gasteiger partial charge >= 0.3 is 30.8 Å². The summed E-state index contributed by atoms with van der Waals surface area (Å²) in [6.45, 7) is -2.45. The number of aliphatic hydroxyl groups is 13. The maximum atomic E-state index is 15.1. The number of hydrogen-bond acceptors (Lipinski definition) is 41. The van der Waals surface area contributed by atoms with Gasteiger partial charge in [0, 0.05) is 130 Å². The van der Waals surface area contributed by atoms with E-state index in [4.69, 9.17) is 15.1 Å². The number of carbonyl (C=O) groups is 16. The Kier molecular flexibility index (Phi) is 48.7. The van der Waals surface area contributed by atoms with Crippen molar-refractivity contribution in [2.75, 3.05) is 56.2 Å². The number of rotatable bonds is 50. The molecule has 1 saturated heterocycles. The number of benzene rings is 2. The molecule has 3 aliphatic rings. The number of nitrogens with one attached hydrogen (secondary N) is 11. The lowest BCUT2D eigenvalue weighted by molar-refractivity contribution is -0.164. The molecule has 9 amide bonds. The van der Waals surface area contributed by atoms with Gasteiger partial charge in [0.1, 0.15) is 78.4 Å². The number of nitrogens with zero attached hydrogens (tertiary/aromatic N) is 5. The van der Waals surface area contributed by atoms with E-state index in [1.807, 2.05) is 13.8 Å². The number of anilines is 2. The average molecular weight is 2070 g/mol. The van der Waals surface area contributed by atoms with E-state index >= 15 is 14.4 Å². The highest BCUT2D eigenvalue weighted by atomic mass is 33.1. The summed E-state index contributed by atoms with van der Waals surface area (Å²) in [5.41, 5.74) is 6.10. The van der Waals surface area contributed by atoms with Crippen molar-refractivity contribution in [2.45, 2.75) is 245 Å². The highest BCUT2D eigenvalue weighted by Crippen LogP contribution is 2.29. The number of nitrogens with two attached hydrogens (primary N) is 1. The minimum atomic E-state index is -2.24. The first-order valence-corrected chi connectivity index (χ1v) is 48.2. The quantitative estimate of drug-likeness (QED) is 0.0127. The molecule has 0 radical (unpaired) electrons. The van der Waals surface area contributed by atoms with Crippen molar-refractivity contribution in [3.63, 3.8) is 0 Å². The SMILES string of the molecule is CC(C)C[C@@H]1NC(=O)[C@H](Cc2ccccc2)NC(=O)c2cnc(cn2)CSSC[C@@H](C(=O)O)NC(=O)[C@@H](CC(=O)[C@H](CCC(=O)O)NC(=O)[C@H](CCC(=O)NC[C@H](O)[C@@H](O)[C@H](O)[C@H](O)CO)CC(=O)[C@H](CCC(=O)O)NC(=O)[C@H](CCC(=O)NC[C@H](O)[C@@H](O)[C@H](O)[C@H](O)CO)CC(=O)CC[C@H](NC(=O)c2ccc(NCc3cnc4nc(N)[nH]c(=O)c4n3)cc2)C(=O)O)CCC(=O)NC[C@H](O)[C@@H](O)[C@H](O)[C@H]2OCB1O2. The van der Waals surface area contributed by atoms with Crippen molar-refractivity contribution in [3.8, 4) is 0 Å². The molecule has 0 spiro atoms. The van der Waals surface area contributed by atoms with Crippen LogP contribution in [0.15, 0.2) is 78.0 Å². The van der Waals surface area contributed by atoms with Crippen molar-refractivity contribution >= 4 is 146 Å². The third-order valence-electron chi connectivity index (χ3n) is 23.2. The third-order valence-corrected chi connectivity index (χ3v) is 25.5. The number of fused-ring (bicyclic) bond motifs is 23. The van der Waals surface area contributed by atoms with Crippen molar-refractivity contribution in [1.82, 2.24) is 77.8 Å². The normalized spacial score (nSPS) is 20.8. The van der Waals surface area contributed by atoms with Gasteiger partial charge in [0.05, 0.1) is 86.6 Å². The minimum Gasteiger partial charge on any atom is -0.481 e. The van der Waals surface area contributed by atoms with Gasteiger partial charge in [-0.1, -0.05) is 65.8 Å². The number of amides is 9. The lowest BCUT2D eigenvalue weighted by Crippen LogP contribution is -2.56. The molecule has 144 heavy (non-hydrogen) atoms. The number of ether oxygens (including phenoxy) is 1. The van der Waals surface area contributed by atoms with Crippen LogP contribution in [0, 0.1) is 23.7 Å². The molecule has 8 rings (SSSR count). The second kappa shape index (κ2) is 59.2. The number of Topliss-reactive ketones (excluding diaryl/α,β-unsaturated/α-hetero) is 3. The van der Waals surface area contributed by atoms with E-state index in [0.29, 0.717) is 11.3 Å². The Hall–Kier alpha value is -12.4. The van der Waals surface area contributed by atoms with Crippen LogP contribution in [0.5, 0.6) is 0 Å². The summed E-state index contributed by atoms with van der Waals surface area (Å²) in [6, 6.07) is 5.08. The highest BCUT2D eigenvalue weighted by molar-refractivity contribution is 8.76. The Morgan fingerprint density at radius 3 is 1.76 bits per heavy atom. The first kappa shape index (κ1) is 119. The first-order chi connectivity index (χ1) is 68.2. The molecule has 56 heteroatoms. The predicted molar refractivity (Wildman–Crippen MR) is 503 cm³/mol. The summed E-state index contributed by atoms with van der Waals surface area (Å²) < 4.78 is 11.8. The number of aliphatic carboxylic acids is 4. The summed E-state index contributed by atoms with van der Waals surface area (Å²) in [4.78, 5) is 258. The fourth-order valence-corrected chi connectivity index (χ4v) is 16.9. The molecule has 21 atom stereocenters. The largest absolute Gasteiger partial charge is 0.481 e. The van der Waals surface area contributed by atoms with E-state index in [1.54, 1.807) is 30.3 Å². The molecule has 3 aliphatic heterocycles. The van der Waals surface area contributed by atoms with Crippen LogP contribution in [0.25, 0.3) is 11.2 Å². The summed E-state index contributed by atoms with van der Waals surface area (Å²) in [5, 5.41) is 200. The number of aromatic nitrogens is 6. The van der Waals surface area contributed by atoms with Crippen LogP contribution in [-0.4, -0.2) is 373 Å². The monoisotopic (exact) mass is 2070 g/mol. The zero-order chi connectivity index (χ0) is 106. The molecule has 0 unspecified atom stereocenters. The number of H-pyrrole nitrogens is 1. The van der Waals surface area contributed by atoms with Crippen LogP contribution in [0.2, 0.25) is 0 Å². The topological polar surface area (TPSA) is 879 Å². The molecule has 53 nitrogen and oxygen atoms in total. The highest BCUT2D eigenvalue weighted by Gasteiger charge is 2.46. The molecule has 0 saturated carbocycles. The Morgan fingerprint density at radius 1 is 0.611 bits per heavy atom. The van der Waals surface area contributed by atoms with Crippen LogP contribution in [0.4, 0.5) is 11.6 Å². The molecule has 5 aromatic rings. The van der Waals surface area contributed by atoms with Gasteiger partial charge in [-0.15, -0.1) is 0 Å². The Morgan fingerprint density at radius 2 is 1.19 bits per heavy atom. The fourth-order valence-electron chi connectivity index (χ4n) is 14.8. The number of carboxylic acid groups (broad SMARTS) is 4. The van der Waals surface area contributed by atoms with Crippen molar-refractivity contribution in [2.24, 2.45) is 23.7 Å². The van der Waals surface area contributed by atoms with Crippen molar-refractivity contribution < 1.29 is 173 Å². The Labute approximate surface area is 828 Å². The van der Waals surface area contributed by atoms with Crippen LogP contribution < -0.4 is 64.5 Å². The second-order valence-electron chi connectivity index (χ2n) is 34.8. The number of carboxylic acids is 4. The first-order valence-electron chi connectivity index (χ1n) is 45.7. The average Bonchev–Trinajstić information content (AvgIpc) is 0.870. The van der Waals surface area contributed by atoms with E-state index in [-0.39, 0.29) is 77.3 Å². The number of ketones is 3. The van der Waals surface area contributed by atoms with Gasteiger partial charge in [-0.3, -0.25) is 81.9 Å². The molecule has 0 aliphatic carbocycles. The van der Waals surface area contributed by atoms with Gasteiger partial charge in [-0.2, -0.15) is 4.98 Å². The minimum absolute atomic E-state index is 0.00346. The van der Waals surface area contributed by atoms with Gasteiger partial charge < -0.3 is 155 Å². The van der Waals surface area contributed by atoms with Crippen LogP contribution in [-0.2, 0) is 95.2 Å². The standard InChI is InChI=1S/C88H122BN17O36S2/c1-41(2)24-64-89-40-141-87(142-89)76(129)73(126)61(114)35-96-67(119)21-12-46(81(133)103-56(86(139)140)39-144-143-38-49-31-93-55(32-92-49)83(135)102-54(82(134)104-64)25-42-6-4-3-5-7-42)28-58(111)52(18-23-69(122)123)100-80(132)45(11-20-66(118)95-34-60(113)72(125)75(128)63(116)37-108)27-57(110)51(17-22-68(120)121)99-79(131)44(10-19-65(117)94-33-59(112)71(124)74(127)62(115)36-107)26-50(109)15-16-53(85(137)138)101-78(130)43-8-13-47(14-9-43)91-29-48-30-97-77-70(98-48)84(136)106-88(90)105-77/h3-9,13-14,30-32,41,44-46,51-54,56,59-64,71-76,87,91,107-108,112-116,124-129H,10-12,15-29,33-40H2,1-2H3,(H,94,117)(H,95,118)(H,96,119)(H,99,131)(H,100,132)(H,101,130)(H,102,135)(H,103,133)(H,104,134)(H,120,121)(H,122,123)(H,137,138)(H,139,140)(H3,90,97,105,106,136)/t44-,45-,46-,51+,52+,53+,54+,56+,59+,60+,61+,62-,63-,64+,71-,72-,73-,74-,75-,76+,87+/m1/s1. The second-order valence-corrected chi connectivity index (χ2v) is 37.3. The predicted octanol–water partition coefficient (Wildman–Crippen LogP) is -7.79. The van der Waals surface area contributed by atoms with Gasteiger partial charge in [-0.05, 0) is 80.7 Å². The lowest BCUT2D eigenvalue weighted by Gasteiger charge is -2.28. The maximum Gasteiger partial charge on any atom is 0.345 e. The molecular formula is C88H122BN17O36S2. The number of hydrogen-bond donors (Lipinski definition) is 29. The number of aliphatic hydroxyl groups excluding tert-OH is 13. The molecule has 3 aromatic heterocycles. The molecular weight excluding hydrogens is 1950 g/mol. The summed E-state index contributed by atoms with van der Waals surface area (Å²) in [7, 11) is 1.88. The third kappa shape index (κ3) is 39.0. The lowest BCUT2D eigenvalue weighted by atomic mass is 9.59. The summed E-state index contributed by atoms with van der Waals surface area (Å²) in [6.07, 6.45) is -34.2. The van der Waals surface area contributed by atoms with E-state index < -0.39 is 369 Å². The maximum absolute atomic E-state index is 15.1. The molecule has 2 aromatic carbocycles. The smallest absolute Gasteiger partial charge is 0.345 e. The van der Waals surface area contributed by atoms with Crippen LogP contribution in [0.3, 0.4) is 0 Å². The van der Waals surface area contributed by atoms with Gasteiger partial charge in [0.25, 0.3) is 17.4 Å². The summed E-state index contributed by atoms with van der Waals surface area (Å²) >= 11 is 0. The van der Waals surface area contributed by atoms with Gasteiger partial charge in [0.2, 0.25) is 47.3 Å². The van der Waals surface area contributed by atoms with Gasteiger partial charge in [0.15, 0.2) is 29.0 Å². The van der Waals surface area contributed by atoms with E-state index in [1.165, 1.54) is 36.7 Å². The molecule has 4 bridgehead atoms. The molecule has 1 fully saturated rings. The fraction of sp³-hybridized carbons (Fsp3) is 0.568. The zero-order valence-corrected chi connectivity index (χ0v) is 79.7. The van der Waals surface area contributed by atoms with E-state index in [2.05, 4.69) is 83.1 Å². The number of aromatic amines is 1. The van der Waals surface area contributed by atoms with Gasteiger partial charge in [-0.25, -0.2) is 24.5 Å².